The third-order valence-electron chi connectivity index (χ3n) is 3.95. The van der Waals surface area contributed by atoms with Gasteiger partial charge >= 0.3 is 6.01 Å². The Labute approximate surface area is 154 Å². The first-order valence-corrected chi connectivity index (χ1v) is 9.88. The molecule has 6 nitrogen and oxygen atoms in total. The first kappa shape index (κ1) is 18.9. The van der Waals surface area contributed by atoms with E-state index in [1.54, 1.807) is 0 Å². The molecule has 0 amide bonds. The topological polar surface area (TPSA) is 72.4 Å². The van der Waals surface area contributed by atoms with Crippen LogP contribution in [-0.2, 0) is 15.8 Å². The molecule has 0 spiro atoms. The molecule has 1 aliphatic heterocycles. The van der Waals surface area contributed by atoms with Crippen molar-refractivity contribution in [3.05, 3.63) is 52.8 Å². The van der Waals surface area contributed by atoms with Crippen molar-refractivity contribution in [3.63, 3.8) is 0 Å². The molecule has 1 aliphatic rings. The molecule has 10 heteroatoms. The molecule has 1 unspecified atom stereocenters. The highest BCUT2D eigenvalue weighted by atomic mass is 35.5. The predicted octanol–water partition coefficient (Wildman–Crippen LogP) is 2.78. The number of sulfonamides is 1. The van der Waals surface area contributed by atoms with Gasteiger partial charge in [0.1, 0.15) is 17.7 Å². The first-order chi connectivity index (χ1) is 12.3. The summed E-state index contributed by atoms with van der Waals surface area (Å²) < 4.78 is 59.1. The Morgan fingerprint density at radius 2 is 2.00 bits per heavy atom. The van der Waals surface area contributed by atoms with Crippen LogP contribution in [0, 0.1) is 11.6 Å². The molecule has 1 aromatic heterocycles. The van der Waals surface area contributed by atoms with Crippen molar-refractivity contribution in [2.75, 3.05) is 13.1 Å². The van der Waals surface area contributed by atoms with Crippen molar-refractivity contribution in [1.29, 1.82) is 0 Å². The average molecular weight is 404 g/mol. The third kappa shape index (κ3) is 4.66. The maximum absolute atomic E-state index is 13.8. The van der Waals surface area contributed by atoms with Gasteiger partial charge in [-0.2, -0.15) is 4.31 Å². The molecular weight excluding hydrogens is 388 g/mol. The lowest BCUT2D eigenvalue weighted by Crippen LogP contribution is -2.45. The zero-order valence-corrected chi connectivity index (χ0v) is 15.2. The van der Waals surface area contributed by atoms with Gasteiger partial charge < -0.3 is 4.74 Å². The van der Waals surface area contributed by atoms with Gasteiger partial charge in [0.05, 0.1) is 29.7 Å². The van der Waals surface area contributed by atoms with Gasteiger partial charge in [-0.05, 0) is 31.0 Å². The van der Waals surface area contributed by atoms with Gasteiger partial charge in [-0.3, -0.25) is 0 Å². The fraction of sp³-hybridized carbons (Fsp3) is 0.375. The van der Waals surface area contributed by atoms with Gasteiger partial charge in [0.2, 0.25) is 10.0 Å². The number of rotatable bonds is 5. The van der Waals surface area contributed by atoms with Crippen molar-refractivity contribution in [1.82, 2.24) is 14.3 Å². The lowest BCUT2D eigenvalue weighted by atomic mass is 10.1. The van der Waals surface area contributed by atoms with Gasteiger partial charge in [-0.25, -0.2) is 27.2 Å². The van der Waals surface area contributed by atoms with Gasteiger partial charge in [0.15, 0.2) is 0 Å². The molecular formula is C16H16ClF2N3O3S. The summed E-state index contributed by atoms with van der Waals surface area (Å²) in [5.41, 5.74) is -0.200. The SMILES string of the molecule is O=S(=O)(Cc1cc(F)ccc1F)N1CCCC(Oc2ncc(Cl)cn2)C1. The minimum Gasteiger partial charge on any atom is -0.459 e. The van der Waals surface area contributed by atoms with Gasteiger partial charge in [-0.15, -0.1) is 0 Å². The number of halogens is 3. The molecule has 140 valence electrons. The number of benzene rings is 1. The zero-order valence-electron chi connectivity index (χ0n) is 13.6. The van der Waals surface area contributed by atoms with E-state index < -0.39 is 33.5 Å². The van der Waals surface area contributed by atoms with Crippen LogP contribution in [0.3, 0.4) is 0 Å². The van der Waals surface area contributed by atoms with E-state index in [0.29, 0.717) is 24.4 Å². The number of hydrogen-bond acceptors (Lipinski definition) is 5. The van der Waals surface area contributed by atoms with Crippen LogP contribution in [-0.4, -0.2) is 41.9 Å². The molecule has 1 aromatic carbocycles. The quantitative estimate of drug-likeness (QED) is 0.767. The molecule has 0 aliphatic carbocycles. The Balaban J connectivity index is 1.69. The van der Waals surface area contributed by atoms with E-state index in [4.69, 9.17) is 16.3 Å². The largest absolute Gasteiger partial charge is 0.459 e. The minimum atomic E-state index is -3.82. The highest BCUT2D eigenvalue weighted by Crippen LogP contribution is 2.22. The Kier molecular flexibility index (Phi) is 5.69. The Morgan fingerprint density at radius 3 is 2.73 bits per heavy atom. The number of piperidine rings is 1. The second-order valence-electron chi connectivity index (χ2n) is 5.92. The molecule has 0 saturated carbocycles. The maximum atomic E-state index is 13.8. The van der Waals surface area contributed by atoms with Gasteiger partial charge in [0.25, 0.3) is 0 Å². The van der Waals surface area contributed by atoms with Crippen LogP contribution in [0.25, 0.3) is 0 Å². The summed E-state index contributed by atoms with van der Waals surface area (Å²) in [7, 11) is -3.82. The van der Waals surface area contributed by atoms with Gasteiger partial charge in [0, 0.05) is 12.1 Å². The Bertz CT molecular complexity index is 881. The summed E-state index contributed by atoms with van der Waals surface area (Å²) in [5.74, 6) is -2.05. The van der Waals surface area contributed by atoms with Crippen LogP contribution in [0.15, 0.2) is 30.6 Å². The normalized spacial score (nSPS) is 18.7. The fourth-order valence-electron chi connectivity index (χ4n) is 2.71. The summed E-state index contributed by atoms with van der Waals surface area (Å²) in [4.78, 5) is 7.85. The smallest absolute Gasteiger partial charge is 0.316 e. The molecule has 26 heavy (non-hydrogen) atoms. The molecule has 2 heterocycles. The van der Waals surface area contributed by atoms with Crippen molar-refractivity contribution in [2.24, 2.45) is 0 Å². The van der Waals surface area contributed by atoms with Crippen LogP contribution in [0.1, 0.15) is 18.4 Å². The summed E-state index contributed by atoms with van der Waals surface area (Å²) >= 11 is 5.71. The Morgan fingerprint density at radius 1 is 1.27 bits per heavy atom. The van der Waals surface area contributed by atoms with Crippen molar-refractivity contribution in [2.45, 2.75) is 24.7 Å². The number of aromatic nitrogens is 2. The number of ether oxygens (including phenoxy) is 1. The van der Waals surface area contributed by atoms with Crippen LogP contribution < -0.4 is 4.74 Å². The standard InChI is InChI=1S/C16H16ClF2N3O3S/c17-12-7-20-16(21-8-12)25-14-2-1-5-22(9-14)26(23,24)10-11-6-13(18)3-4-15(11)19/h3-4,6-8,14H,1-2,5,9-10H2. The average Bonchev–Trinajstić information content (AvgIpc) is 2.60. The van der Waals surface area contributed by atoms with E-state index in [-0.39, 0.29) is 18.1 Å². The van der Waals surface area contributed by atoms with Crippen LogP contribution in [0.5, 0.6) is 6.01 Å². The number of hydrogen-bond donors (Lipinski definition) is 0. The Hall–Kier alpha value is -1.84. The zero-order chi connectivity index (χ0) is 18.7. The molecule has 0 bridgehead atoms. The summed E-state index contributed by atoms with van der Waals surface area (Å²) in [5, 5.41) is 0.363. The van der Waals surface area contributed by atoms with Crippen molar-refractivity contribution >= 4 is 21.6 Å². The summed E-state index contributed by atoms with van der Waals surface area (Å²) in [6.45, 7) is 0.381. The second kappa shape index (κ2) is 7.81. The van der Waals surface area contributed by atoms with Crippen LogP contribution >= 0.6 is 11.6 Å². The molecule has 3 rings (SSSR count). The molecule has 0 N–H and O–H groups in total. The summed E-state index contributed by atoms with van der Waals surface area (Å²) in [6.07, 6.45) is 3.54. The maximum Gasteiger partial charge on any atom is 0.316 e. The molecule has 1 saturated heterocycles. The van der Waals surface area contributed by atoms with Crippen molar-refractivity contribution < 1.29 is 21.9 Å². The van der Waals surface area contributed by atoms with E-state index in [2.05, 4.69) is 9.97 Å². The highest BCUT2D eigenvalue weighted by molar-refractivity contribution is 7.88. The van der Waals surface area contributed by atoms with Crippen LogP contribution in [0.4, 0.5) is 8.78 Å². The first-order valence-electron chi connectivity index (χ1n) is 7.89. The number of nitrogens with zero attached hydrogens (tertiary/aromatic N) is 3. The molecule has 1 fully saturated rings. The molecule has 2 aromatic rings. The lowest BCUT2D eigenvalue weighted by Gasteiger charge is -2.31. The van der Waals surface area contributed by atoms with E-state index in [1.807, 2.05) is 0 Å². The highest BCUT2D eigenvalue weighted by Gasteiger charge is 2.31. The fourth-order valence-corrected chi connectivity index (χ4v) is 4.40. The van der Waals surface area contributed by atoms with Gasteiger partial charge in [-0.1, -0.05) is 11.6 Å². The third-order valence-corrected chi connectivity index (χ3v) is 5.94. The van der Waals surface area contributed by atoms with Crippen molar-refractivity contribution in [3.8, 4) is 6.01 Å². The van der Waals surface area contributed by atoms with Crippen LogP contribution in [0.2, 0.25) is 5.02 Å². The monoisotopic (exact) mass is 403 g/mol. The lowest BCUT2D eigenvalue weighted by molar-refractivity contribution is 0.119. The van der Waals surface area contributed by atoms with E-state index in [0.717, 1.165) is 18.2 Å². The van der Waals surface area contributed by atoms with E-state index in [9.17, 15) is 17.2 Å². The minimum absolute atomic E-state index is 0.0885. The van der Waals surface area contributed by atoms with E-state index in [1.165, 1.54) is 16.7 Å². The molecule has 0 radical (unpaired) electrons. The molecule has 1 atom stereocenters. The second-order valence-corrected chi connectivity index (χ2v) is 8.32. The van der Waals surface area contributed by atoms with E-state index >= 15 is 0 Å². The summed E-state index contributed by atoms with van der Waals surface area (Å²) in [6, 6.07) is 2.87. The predicted molar refractivity (Wildman–Crippen MR) is 91.2 cm³/mol.